The Labute approximate surface area is 119 Å². The lowest BCUT2D eigenvalue weighted by Crippen LogP contribution is -2.20. The van der Waals surface area contributed by atoms with Gasteiger partial charge < -0.3 is 0 Å². The first-order valence-corrected chi connectivity index (χ1v) is 7.95. The summed E-state index contributed by atoms with van der Waals surface area (Å²) in [7, 11) is 0. The monoisotopic (exact) mass is 326 g/mol. The third kappa shape index (κ3) is 2.52. The molecule has 5 heteroatoms. The van der Waals surface area contributed by atoms with Crippen molar-refractivity contribution >= 4 is 39.4 Å². The molecule has 0 radical (unpaired) electrons. The molecule has 18 heavy (non-hydrogen) atoms. The third-order valence-corrected chi connectivity index (χ3v) is 5.48. The van der Waals surface area contributed by atoms with E-state index in [1.807, 2.05) is 12.1 Å². The molecule has 0 aliphatic heterocycles. The second-order valence-electron chi connectivity index (χ2n) is 5.01. The highest BCUT2D eigenvalue weighted by Crippen LogP contribution is 2.55. The van der Waals surface area contributed by atoms with Gasteiger partial charge >= 0.3 is 0 Å². The van der Waals surface area contributed by atoms with Crippen molar-refractivity contribution in [2.45, 2.75) is 25.7 Å². The van der Waals surface area contributed by atoms with Crippen LogP contribution >= 0.6 is 27.3 Å². The number of nitrogens with zero attached hydrogens (tertiary/aromatic N) is 1. The van der Waals surface area contributed by atoms with Gasteiger partial charge in [0.1, 0.15) is 0 Å². The smallest absolute Gasteiger partial charge is 0.243 e. The molecular formula is C13H15BrN2OS. The van der Waals surface area contributed by atoms with Gasteiger partial charge in [0.25, 0.3) is 0 Å². The number of carbonyl (C=O) groups is 1. The fourth-order valence-electron chi connectivity index (χ4n) is 3.01. The number of halogens is 1. The van der Waals surface area contributed by atoms with Crippen molar-refractivity contribution in [2.24, 2.45) is 22.9 Å². The van der Waals surface area contributed by atoms with E-state index in [0.717, 1.165) is 8.66 Å². The van der Waals surface area contributed by atoms with Crippen molar-refractivity contribution < 1.29 is 4.79 Å². The van der Waals surface area contributed by atoms with E-state index in [1.54, 1.807) is 17.6 Å². The van der Waals surface area contributed by atoms with Crippen LogP contribution in [-0.4, -0.2) is 12.1 Å². The maximum atomic E-state index is 11.9. The minimum atomic E-state index is 0.110. The number of hydrazone groups is 1. The SMILES string of the molecule is O=C(N/N=C\c1ccc(Br)s1)C1C2CCCCC21. The molecule has 2 aliphatic rings. The molecule has 0 bridgehead atoms. The second kappa shape index (κ2) is 5.13. The fourth-order valence-corrected chi connectivity index (χ4v) is 4.31. The summed E-state index contributed by atoms with van der Waals surface area (Å²) in [4.78, 5) is 13.0. The molecule has 2 fully saturated rings. The topological polar surface area (TPSA) is 41.5 Å². The van der Waals surface area contributed by atoms with E-state index in [1.165, 1.54) is 25.7 Å². The van der Waals surface area contributed by atoms with Gasteiger partial charge in [-0.1, -0.05) is 12.8 Å². The molecule has 0 saturated heterocycles. The zero-order valence-electron chi connectivity index (χ0n) is 9.93. The van der Waals surface area contributed by atoms with E-state index in [0.29, 0.717) is 11.8 Å². The van der Waals surface area contributed by atoms with E-state index in [9.17, 15) is 4.79 Å². The van der Waals surface area contributed by atoms with Gasteiger partial charge in [-0.05, 0) is 52.7 Å². The Hall–Kier alpha value is -0.680. The number of thiophene rings is 1. The summed E-state index contributed by atoms with van der Waals surface area (Å²) in [5.41, 5.74) is 2.68. The number of fused-ring (bicyclic) bond motifs is 1. The summed E-state index contributed by atoms with van der Waals surface area (Å²) in [5, 5.41) is 4.04. The number of amides is 1. The highest BCUT2D eigenvalue weighted by molar-refractivity contribution is 9.11. The minimum absolute atomic E-state index is 0.110. The van der Waals surface area contributed by atoms with Crippen LogP contribution < -0.4 is 5.43 Å². The maximum absolute atomic E-state index is 11.9. The molecule has 2 saturated carbocycles. The minimum Gasteiger partial charge on any atom is -0.273 e. The lowest BCUT2D eigenvalue weighted by Gasteiger charge is -2.04. The molecule has 3 rings (SSSR count). The van der Waals surface area contributed by atoms with Crippen LogP contribution in [0, 0.1) is 17.8 Å². The van der Waals surface area contributed by atoms with Crippen LogP contribution in [0.5, 0.6) is 0 Å². The molecule has 3 nitrogen and oxygen atoms in total. The van der Waals surface area contributed by atoms with Gasteiger partial charge in [-0.3, -0.25) is 4.79 Å². The Balaban J connectivity index is 1.51. The molecule has 96 valence electrons. The Morgan fingerprint density at radius 2 is 2.11 bits per heavy atom. The first kappa shape index (κ1) is 12.4. The summed E-state index contributed by atoms with van der Waals surface area (Å²) in [6.45, 7) is 0. The summed E-state index contributed by atoms with van der Waals surface area (Å²) in [5.74, 6) is 1.63. The van der Waals surface area contributed by atoms with Crippen molar-refractivity contribution in [3.05, 3.63) is 20.8 Å². The van der Waals surface area contributed by atoms with Crippen molar-refractivity contribution in [2.75, 3.05) is 0 Å². The first-order valence-electron chi connectivity index (χ1n) is 6.34. The predicted octanol–water partition coefficient (Wildman–Crippen LogP) is 3.40. The fraction of sp³-hybridized carbons (Fsp3) is 0.538. The molecule has 1 aromatic heterocycles. The summed E-state index contributed by atoms with van der Waals surface area (Å²) >= 11 is 5.00. The molecule has 0 aromatic carbocycles. The van der Waals surface area contributed by atoms with Crippen LogP contribution in [0.3, 0.4) is 0 Å². The zero-order valence-corrected chi connectivity index (χ0v) is 12.3. The van der Waals surface area contributed by atoms with E-state index < -0.39 is 0 Å². The summed E-state index contributed by atoms with van der Waals surface area (Å²) < 4.78 is 1.07. The molecular weight excluding hydrogens is 312 g/mol. The number of carbonyl (C=O) groups excluding carboxylic acids is 1. The lowest BCUT2D eigenvalue weighted by atomic mass is 10.0. The predicted molar refractivity (Wildman–Crippen MR) is 76.7 cm³/mol. The van der Waals surface area contributed by atoms with Crippen LogP contribution in [-0.2, 0) is 4.79 Å². The van der Waals surface area contributed by atoms with Crippen LogP contribution in [0.4, 0.5) is 0 Å². The number of rotatable bonds is 3. The molecule has 1 heterocycles. The molecule has 2 unspecified atom stereocenters. The van der Waals surface area contributed by atoms with Crippen LogP contribution in [0.1, 0.15) is 30.6 Å². The van der Waals surface area contributed by atoms with Crippen molar-refractivity contribution in [3.63, 3.8) is 0 Å². The Kier molecular flexibility index (Phi) is 3.52. The van der Waals surface area contributed by atoms with E-state index in [4.69, 9.17) is 0 Å². The lowest BCUT2D eigenvalue weighted by molar-refractivity contribution is -0.122. The van der Waals surface area contributed by atoms with E-state index >= 15 is 0 Å². The van der Waals surface area contributed by atoms with E-state index in [-0.39, 0.29) is 11.8 Å². The van der Waals surface area contributed by atoms with Gasteiger partial charge in [0, 0.05) is 10.8 Å². The van der Waals surface area contributed by atoms with Gasteiger partial charge in [0.15, 0.2) is 0 Å². The highest BCUT2D eigenvalue weighted by atomic mass is 79.9. The van der Waals surface area contributed by atoms with E-state index in [2.05, 4.69) is 26.5 Å². The van der Waals surface area contributed by atoms with Crippen molar-refractivity contribution in [1.29, 1.82) is 0 Å². The Morgan fingerprint density at radius 1 is 1.39 bits per heavy atom. The van der Waals surface area contributed by atoms with Gasteiger partial charge in [-0.2, -0.15) is 5.10 Å². The second-order valence-corrected chi connectivity index (χ2v) is 7.51. The third-order valence-electron chi connectivity index (χ3n) is 3.92. The Morgan fingerprint density at radius 3 is 2.72 bits per heavy atom. The van der Waals surface area contributed by atoms with Gasteiger partial charge in [0.05, 0.1) is 10.0 Å². The highest BCUT2D eigenvalue weighted by Gasteiger charge is 2.54. The van der Waals surface area contributed by atoms with Crippen molar-refractivity contribution in [1.82, 2.24) is 5.43 Å². The average molecular weight is 327 g/mol. The largest absolute Gasteiger partial charge is 0.273 e. The average Bonchev–Trinajstić information content (AvgIpc) is 2.97. The Bertz CT molecular complexity index is 473. The number of hydrogen-bond acceptors (Lipinski definition) is 3. The normalized spacial score (nSPS) is 30.2. The molecule has 1 amide bonds. The molecule has 1 aromatic rings. The zero-order chi connectivity index (χ0) is 12.5. The molecule has 2 aliphatic carbocycles. The molecule has 0 spiro atoms. The standard InChI is InChI=1S/C13H15BrN2OS/c14-11-6-5-8(18-11)7-15-16-13(17)12-9-3-1-2-4-10(9)12/h5-7,9-10,12H,1-4H2,(H,16,17)/b15-7-. The summed E-state index contributed by atoms with van der Waals surface area (Å²) in [6.07, 6.45) is 6.74. The molecule has 2 atom stereocenters. The molecule has 1 N–H and O–H groups in total. The summed E-state index contributed by atoms with van der Waals surface area (Å²) in [6, 6.07) is 3.95. The van der Waals surface area contributed by atoms with Crippen LogP contribution in [0.2, 0.25) is 0 Å². The quantitative estimate of drug-likeness (QED) is 0.671. The number of hydrogen-bond donors (Lipinski definition) is 1. The van der Waals surface area contributed by atoms with Gasteiger partial charge in [0.2, 0.25) is 5.91 Å². The maximum Gasteiger partial charge on any atom is 0.243 e. The van der Waals surface area contributed by atoms with Gasteiger partial charge in [-0.25, -0.2) is 5.43 Å². The number of nitrogens with one attached hydrogen (secondary N) is 1. The van der Waals surface area contributed by atoms with Crippen LogP contribution in [0.15, 0.2) is 21.0 Å². The van der Waals surface area contributed by atoms with Gasteiger partial charge in [-0.15, -0.1) is 11.3 Å². The first-order chi connectivity index (χ1) is 8.75. The van der Waals surface area contributed by atoms with Crippen LogP contribution in [0.25, 0.3) is 0 Å². The van der Waals surface area contributed by atoms with Crippen molar-refractivity contribution in [3.8, 4) is 0 Å².